The van der Waals surface area contributed by atoms with E-state index in [1.165, 1.54) is 6.92 Å². The van der Waals surface area contributed by atoms with Crippen LogP contribution in [0.2, 0.25) is 0 Å². The lowest BCUT2D eigenvalue weighted by atomic mass is 10.0. The van der Waals surface area contributed by atoms with Crippen LogP contribution in [0.25, 0.3) is 10.9 Å². The van der Waals surface area contributed by atoms with Crippen LogP contribution in [0.3, 0.4) is 0 Å². The van der Waals surface area contributed by atoms with Gasteiger partial charge in [-0.05, 0) is 38.3 Å². The second-order valence-electron chi connectivity index (χ2n) is 8.33. The zero-order valence-electron chi connectivity index (χ0n) is 17.5. The third-order valence-electron chi connectivity index (χ3n) is 5.94. The predicted octanol–water partition coefficient (Wildman–Crippen LogP) is 3.34. The van der Waals surface area contributed by atoms with E-state index in [0.29, 0.717) is 37.6 Å². The van der Waals surface area contributed by atoms with Crippen LogP contribution in [0, 0.1) is 12.8 Å². The van der Waals surface area contributed by atoms with Crippen LogP contribution in [0.15, 0.2) is 24.3 Å². The fourth-order valence-corrected chi connectivity index (χ4v) is 4.01. The number of aryl methyl sites for hydroxylation is 1. The molecule has 6 nitrogen and oxygen atoms in total. The van der Waals surface area contributed by atoms with Crippen molar-refractivity contribution < 1.29 is 22.8 Å². The number of benzene rings is 1. The number of hydrogen-bond donors (Lipinski definition) is 1. The number of carbonyl (C=O) groups excluding carboxylic acids is 2. The molecule has 2 amide bonds. The van der Waals surface area contributed by atoms with Gasteiger partial charge >= 0.3 is 12.1 Å². The molecule has 1 aliphatic carbocycles. The molecule has 1 saturated carbocycles. The number of piperazine rings is 1. The van der Waals surface area contributed by atoms with Crippen molar-refractivity contribution in [2.24, 2.45) is 5.92 Å². The highest BCUT2D eigenvalue weighted by molar-refractivity contribution is 5.86. The Hall–Kier alpha value is -2.84. The number of nitrogens with one attached hydrogen (secondary N) is 1. The van der Waals surface area contributed by atoms with Crippen LogP contribution >= 0.6 is 0 Å². The van der Waals surface area contributed by atoms with Crippen LogP contribution in [-0.2, 0) is 9.59 Å². The largest absolute Gasteiger partial charge is 0.471 e. The minimum atomic E-state index is -4.95. The highest BCUT2D eigenvalue weighted by Crippen LogP contribution is 2.33. The highest BCUT2D eigenvalue weighted by atomic mass is 19.4. The Balaban J connectivity index is 1.64. The zero-order valence-corrected chi connectivity index (χ0v) is 17.5. The molecule has 2 fully saturated rings. The average molecular weight is 434 g/mol. The summed E-state index contributed by atoms with van der Waals surface area (Å²) in [6.45, 7) is 5.63. The summed E-state index contributed by atoms with van der Waals surface area (Å²) < 4.78 is 38.4. The van der Waals surface area contributed by atoms with Crippen molar-refractivity contribution in [1.29, 1.82) is 0 Å². The number of carbonyl (C=O) groups is 2. The predicted molar refractivity (Wildman–Crippen MR) is 111 cm³/mol. The first kappa shape index (κ1) is 21.4. The second-order valence-corrected chi connectivity index (χ2v) is 8.33. The molecular weight excluding hydrogens is 409 g/mol. The minimum Gasteiger partial charge on any atom is -0.353 e. The molecule has 4 rings (SSSR count). The number of amides is 2. The van der Waals surface area contributed by atoms with E-state index >= 15 is 0 Å². The molecule has 0 spiro atoms. The molecule has 1 N–H and O–H groups in total. The number of nitrogens with zero attached hydrogens (tertiary/aromatic N) is 3. The maximum Gasteiger partial charge on any atom is 0.471 e. The van der Waals surface area contributed by atoms with E-state index in [1.807, 2.05) is 40.2 Å². The maximum atomic E-state index is 12.8. The lowest BCUT2D eigenvalue weighted by molar-refractivity contribution is -0.174. The average Bonchev–Trinajstić information content (AvgIpc) is 3.57. The lowest BCUT2D eigenvalue weighted by Crippen LogP contribution is -2.50. The molecule has 1 aromatic carbocycles. The molecule has 9 heteroatoms. The van der Waals surface area contributed by atoms with Crippen LogP contribution in [0.5, 0.6) is 0 Å². The first-order chi connectivity index (χ1) is 14.6. The number of anilines is 1. The van der Waals surface area contributed by atoms with Crippen molar-refractivity contribution in [3.8, 4) is 0 Å². The van der Waals surface area contributed by atoms with Crippen LogP contribution in [-0.4, -0.2) is 54.1 Å². The summed E-state index contributed by atoms with van der Waals surface area (Å²) in [7, 11) is 0. The van der Waals surface area contributed by atoms with Gasteiger partial charge in [-0.25, -0.2) is 4.98 Å². The zero-order chi connectivity index (χ0) is 22.3. The minimum absolute atomic E-state index is 0.154. The highest BCUT2D eigenvalue weighted by Gasteiger charge is 2.40. The summed E-state index contributed by atoms with van der Waals surface area (Å²) >= 11 is 0. The molecule has 166 valence electrons. The van der Waals surface area contributed by atoms with Gasteiger partial charge < -0.3 is 15.1 Å². The Labute approximate surface area is 178 Å². The third kappa shape index (κ3) is 4.45. The van der Waals surface area contributed by atoms with E-state index in [1.54, 1.807) is 6.07 Å². The molecule has 0 bridgehead atoms. The van der Waals surface area contributed by atoms with Crippen molar-refractivity contribution in [3.63, 3.8) is 0 Å². The van der Waals surface area contributed by atoms with Crippen LogP contribution < -0.4 is 10.2 Å². The quantitative estimate of drug-likeness (QED) is 0.802. The molecule has 1 aromatic heterocycles. The van der Waals surface area contributed by atoms with Crippen molar-refractivity contribution in [2.45, 2.75) is 38.9 Å². The summed E-state index contributed by atoms with van der Waals surface area (Å²) in [5.41, 5.74) is 2.25. The summed E-state index contributed by atoms with van der Waals surface area (Å²) in [6, 6.07) is 6.57. The monoisotopic (exact) mass is 434 g/mol. The van der Waals surface area contributed by atoms with Gasteiger partial charge in [0.1, 0.15) is 5.82 Å². The van der Waals surface area contributed by atoms with Gasteiger partial charge in [0.2, 0.25) is 5.91 Å². The second kappa shape index (κ2) is 8.01. The van der Waals surface area contributed by atoms with Gasteiger partial charge in [0.05, 0.1) is 11.6 Å². The number of pyridine rings is 1. The topological polar surface area (TPSA) is 65.5 Å². The Kier molecular flexibility index (Phi) is 5.53. The van der Waals surface area contributed by atoms with Gasteiger partial charge in [0.15, 0.2) is 0 Å². The smallest absolute Gasteiger partial charge is 0.353 e. The molecule has 0 radical (unpaired) electrons. The van der Waals surface area contributed by atoms with E-state index in [4.69, 9.17) is 4.98 Å². The third-order valence-corrected chi connectivity index (χ3v) is 5.94. The number of para-hydroxylation sites is 1. The van der Waals surface area contributed by atoms with Crippen molar-refractivity contribution in [2.75, 3.05) is 31.1 Å². The fourth-order valence-electron chi connectivity index (χ4n) is 4.01. The Morgan fingerprint density at radius 1 is 1.16 bits per heavy atom. The molecular formula is C22H25F3N4O2. The van der Waals surface area contributed by atoms with Crippen LogP contribution in [0.1, 0.15) is 36.9 Å². The lowest BCUT2D eigenvalue weighted by Gasteiger charge is -2.37. The molecule has 1 unspecified atom stereocenters. The van der Waals surface area contributed by atoms with E-state index in [0.717, 1.165) is 29.3 Å². The fraction of sp³-hybridized carbons (Fsp3) is 0.500. The van der Waals surface area contributed by atoms with E-state index in [-0.39, 0.29) is 11.8 Å². The number of alkyl halides is 3. The molecule has 1 atom stereocenters. The molecule has 2 heterocycles. The first-order valence-electron chi connectivity index (χ1n) is 10.5. The molecule has 2 aliphatic rings. The summed E-state index contributed by atoms with van der Waals surface area (Å²) in [6.07, 6.45) is -3.06. The number of fused-ring (bicyclic) bond motifs is 1. The van der Waals surface area contributed by atoms with E-state index in [9.17, 15) is 22.8 Å². The maximum absolute atomic E-state index is 12.8. The van der Waals surface area contributed by atoms with Gasteiger partial charge in [-0.15, -0.1) is 0 Å². The number of rotatable bonds is 4. The van der Waals surface area contributed by atoms with Crippen molar-refractivity contribution in [3.05, 3.63) is 35.4 Å². The standard InChI is InChI=1S/C22H25F3N4O2/c1-13-4-3-5-16-12-17(14(2)26-21(31)22(23,24)25)19(27-18(13)16)28-8-10-29(11-9-28)20(30)15-6-7-15/h3-5,12,14-15H,6-11H2,1-2H3,(H,26,31). The molecule has 2 aromatic rings. The number of hydrogen-bond acceptors (Lipinski definition) is 4. The van der Waals surface area contributed by atoms with Gasteiger partial charge in [-0.3, -0.25) is 9.59 Å². The van der Waals surface area contributed by atoms with Gasteiger partial charge in [-0.2, -0.15) is 13.2 Å². The Morgan fingerprint density at radius 3 is 2.45 bits per heavy atom. The summed E-state index contributed by atoms with van der Waals surface area (Å²) in [4.78, 5) is 32.5. The normalized spacial score (nSPS) is 18.2. The Morgan fingerprint density at radius 2 is 1.84 bits per heavy atom. The molecule has 31 heavy (non-hydrogen) atoms. The van der Waals surface area contributed by atoms with Crippen molar-refractivity contribution in [1.82, 2.24) is 15.2 Å². The number of aromatic nitrogens is 1. The first-order valence-corrected chi connectivity index (χ1v) is 10.5. The summed E-state index contributed by atoms with van der Waals surface area (Å²) in [5.74, 6) is -1.08. The van der Waals surface area contributed by atoms with Crippen LogP contribution in [0.4, 0.5) is 19.0 Å². The summed E-state index contributed by atoms with van der Waals surface area (Å²) in [5, 5.41) is 2.85. The molecule has 1 aliphatic heterocycles. The van der Waals surface area contributed by atoms with Gasteiger partial charge in [0, 0.05) is 43.0 Å². The van der Waals surface area contributed by atoms with Crippen molar-refractivity contribution >= 4 is 28.5 Å². The number of halogens is 3. The van der Waals surface area contributed by atoms with Gasteiger partial charge in [0.25, 0.3) is 0 Å². The molecule has 1 saturated heterocycles. The Bertz CT molecular complexity index is 1010. The van der Waals surface area contributed by atoms with E-state index < -0.39 is 18.1 Å². The van der Waals surface area contributed by atoms with Gasteiger partial charge in [-0.1, -0.05) is 18.2 Å². The SMILES string of the molecule is Cc1cccc2cc(C(C)NC(=O)C(F)(F)F)c(N3CCN(C(=O)C4CC4)CC3)nc12. The van der Waals surface area contributed by atoms with E-state index in [2.05, 4.69) is 0 Å².